The van der Waals surface area contributed by atoms with Gasteiger partial charge in [-0.05, 0) is 85.9 Å². The second-order valence-electron chi connectivity index (χ2n) is 12.2. The second-order valence-corrected chi connectivity index (χ2v) is 12.2. The highest BCUT2D eigenvalue weighted by Gasteiger charge is 2.57. The highest BCUT2D eigenvalue weighted by atomic mass is 16.5. The van der Waals surface area contributed by atoms with Crippen molar-refractivity contribution in [1.82, 2.24) is 0 Å². The van der Waals surface area contributed by atoms with Gasteiger partial charge in [0.15, 0.2) is 0 Å². The first-order chi connectivity index (χ1) is 14.9. The minimum Gasteiger partial charge on any atom is -0.462 e. The quantitative estimate of drug-likeness (QED) is 0.221. The molecule has 0 N–H and O–H groups in total. The Hall–Kier alpha value is -0.790. The van der Waals surface area contributed by atoms with Gasteiger partial charge in [-0.15, -0.1) is 0 Å². The summed E-state index contributed by atoms with van der Waals surface area (Å²) in [6, 6.07) is 0. The molecule has 4 aliphatic carbocycles. The van der Waals surface area contributed by atoms with Crippen molar-refractivity contribution in [3.8, 4) is 0 Å². The molecular weight excluding hydrogens is 380 g/mol. The van der Waals surface area contributed by atoms with Crippen LogP contribution in [0.1, 0.15) is 124 Å². The zero-order chi connectivity index (χ0) is 22.1. The molecule has 0 spiro atoms. The monoisotopic (exact) mass is 428 g/mol. The second kappa shape index (κ2) is 9.60. The van der Waals surface area contributed by atoms with E-state index >= 15 is 0 Å². The number of hydrogen-bond donors (Lipinski definition) is 0. The van der Waals surface area contributed by atoms with E-state index in [2.05, 4.69) is 33.8 Å². The number of carbonyl (C=O) groups is 1. The summed E-state index contributed by atoms with van der Waals surface area (Å²) in [4.78, 5) is 12.4. The Bertz CT molecular complexity index is 666. The zero-order valence-corrected chi connectivity index (χ0v) is 20.9. The molecule has 0 radical (unpaired) electrons. The van der Waals surface area contributed by atoms with Crippen LogP contribution >= 0.6 is 0 Å². The van der Waals surface area contributed by atoms with Gasteiger partial charge in [0.1, 0.15) is 6.10 Å². The molecule has 3 saturated carbocycles. The molecule has 2 heteroatoms. The van der Waals surface area contributed by atoms with Crippen LogP contribution in [0.3, 0.4) is 0 Å². The summed E-state index contributed by atoms with van der Waals surface area (Å²) >= 11 is 0. The van der Waals surface area contributed by atoms with E-state index in [-0.39, 0.29) is 12.1 Å². The number of carbonyl (C=O) groups excluding carboxylic acids is 1. The largest absolute Gasteiger partial charge is 0.462 e. The fourth-order valence-electron chi connectivity index (χ4n) is 8.29. The van der Waals surface area contributed by atoms with Crippen LogP contribution in [-0.4, -0.2) is 12.1 Å². The van der Waals surface area contributed by atoms with Crippen LogP contribution in [0.15, 0.2) is 11.6 Å². The van der Waals surface area contributed by atoms with Gasteiger partial charge in [0.25, 0.3) is 0 Å². The van der Waals surface area contributed by atoms with Gasteiger partial charge in [-0.3, -0.25) is 4.79 Å². The number of unbranched alkanes of at least 4 members (excludes halogenated alkanes) is 5. The molecule has 0 aromatic carbocycles. The minimum absolute atomic E-state index is 0.0479. The Morgan fingerprint density at radius 1 is 1.00 bits per heavy atom. The van der Waals surface area contributed by atoms with Gasteiger partial charge in [0.05, 0.1) is 0 Å². The number of rotatable bonds is 8. The van der Waals surface area contributed by atoms with E-state index in [1.807, 2.05) is 0 Å². The van der Waals surface area contributed by atoms with E-state index in [0.29, 0.717) is 17.3 Å². The van der Waals surface area contributed by atoms with E-state index in [0.717, 1.165) is 42.9 Å². The summed E-state index contributed by atoms with van der Waals surface area (Å²) in [5.41, 5.74) is 2.58. The van der Waals surface area contributed by atoms with Crippen LogP contribution in [0.5, 0.6) is 0 Å². The minimum atomic E-state index is 0.0479. The Kier molecular flexibility index (Phi) is 7.24. The fourth-order valence-corrected chi connectivity index (χ4v) is 8.29. The van der Waals surface area contributed by atoms with Crippen LogP contribution in [0, 0.1) is 34.5 Å². The molecule has 4 aliphatic rings. The lowest BCUT2D eigenvalue weighted by Crippen LogP contribution is -2.50. The van der Waals surface area contributed by atoms with Gasteiger partial charge < -0.3 is 4.74 Å². The lowest BCUT2D eigenvalue weighted by Gasteiger charge is -2.58. The summed E-state index contributed by atoms with van der Waals surface area (Å²) in [6.07, 6.45) is 21.0. The third kappa shape index (κ3) is 4.51. The van der Waals surface area contributed by atoms with Gasteiger partial charge in [-0.2, -0.15) is 0 Å². The summed E-state index contributed by atoms with van der Waals surface area (Å²) in [5, 5.41) is 0. The van der Waals surface area contributed by atoms with E-state index in [1.54, 1.807) is 5.57 Å². The summed E-state index contributed by atoms with van der Waals surface area (Å²) in [5.74, 6) is 3.63. The molecular formula is C29H48O2. The molecule has 31 heavy (non-hydrogen) atoms. The van der Waals surface area contributed by atoms with Gasteiger partial charge in [0, 0.05) is 12.8 Å². The first-order valence-corrected chi connectivity index (χ1v) is 13.8. The molecule has 4 rings (SSSR count). The van der Waals surface area contributed by atoms with Crippen LogP contribution in [-0.2, 0) is 9.53 Å². The molecule has 0 bridgehead atoms. The maximum absolute atomic E-state index is 12.4. The smallest absolute Gasteiger partial charge is 0.306 e. The number of ether oxygens (including phenoxy) is 1. The maximum Gasteiger partial charge on any atom is 0.306 e. The Morgan fingerprint density at radius 3 is 2.58 bits per heavy atom. The van der Waals surface area contributed by atoms with E-state index in [1.165, 1.54) is 70.6 Å². The predicted molar refractivity (Wildman–Crippen MR) is 129 cm³/mol. The average Bonchev–Trinajstić information content (AvgIpc) is 3.05. The molecule has 0 aromatic rings. The molecule has 0 aromatic heterocycles. The number of fused-ring (bicyclic) bond motifs is 5. The highest BCUT2D eigenvalue weighted by Crippen LogP contribution is 2.66. The van der Waals surface area contributed by atoms with Crippen molar-refractivity contribution in [3.05, 3.63) is 11.6 Å². The topological polar surface area (TPSA) is 26.3 Å². The standard InChI is InChI=1S/C29H48O2/c1-5-6-7-8-9-10-11-27(30)31-23-16-18-29(4)22(20-23)13-14-24-25-15-12-21(2)28(25,3)19-17-26(24)29/h13,21,23-26H,5-12,14-20H2,1-4H3/t21-,23-,24-,25-,26-,28+,29-/m0/s1. The molecule has 7 atom stereocenters. The third-order valence-electron chi connectivity index (χ3n) is 10.6. The van der Waals surface area contributed by atoms with Crippen molar-refractivity contribution in [3.63, 3.8) is 0 Å². The SMILES string of the molecule is CCCCCCCCC(=O)O[C@H]1CC[C@@]2(C)C(=CC[C@H]3[C@@H]4CC[C@H](C)[C@@]4(C)CC[C@@H]32)C1. The van der Waals surface area contributed by atoms with Crippen LogP contribution in [0.25, 0.3) is 0 Å². The first-order valence-electron chi connectivity index (χ1n) is 13.8. The maximum atomic E-state index is 12.4. The Morgan fingerprint density at radius 2 is 1.77 bits per heavy atom. The lowest BCUT2D eigenvalue weighted by atomic mass is 9.47. The predicted octanol–water partition coefficient (Wildman–Crippen LogP) is 8.25. The summed E-state index contributed by atoms with van der Waals surface area (Å²) in [7, 11) is 0. The fraction of sp³-hybridized carbons (Fsp3) is 0.897. The molecule has 176 valence electrons. The Balaban J connectivity index is 1.31. The van der Waals surface area contributed by atoms with Crippen molar-refractivity contribution >= 4 is 5.97 Å². The summed E-state index contributed by atoms with van der Waals surface area (Å²) in [6.45, 7) is 9.92. The number of hydrogen-bond acceptors (Lipinski definition) is 2. The molecule has 0 aliphatic heterocycles. The summed E-state index contributed by atoms with van der Waals surface area (Å²) < 4.78 is 5.97. The molecule has 0 unspecified atom stereocenters. The van der Waals surface area contributed by atoms with Gasteiger partial charge >= 0.3 is 5.97 Å². The van der Waals surface area contributed by atoms with Crippen molar-refractivity contribution in [2.45, 2.75) is 130 Å². The lowest BCUT2D eigenvalue weighted by molar-refractivity contribution is -0.151. The van der Waals surface area contributed by atoms with Crippen LogP contribution in [0.2, 0.25) is 0 Å². The molecule has 0 saturated heterocycles. The van der Waals surface area contributed by atoms with Crippen molar-refractivity contribution < 1.29 is 9.53 Å². The third-order valence-corrected chi connectivity index (χ3v) is 10.6. The van der Waals surface area contributed by atoms with Crippen molar-refractivity contribution in [1.29, 1.82) is 0 Å². The van der Waals surface area contributed by atoms with E-state index in [9.17, 15) is 4.79 Å². The molecule has 0 amide bonds. The van der Waals surface area contributed by atoms with Gasteiger partial charge in [-0.1, -0.05) is 71.4 Å². The highest BCUT2D eigenvalue weighted by molar-refractivity contribution is 5.69. The van der Waals surface area contributed by atoms with Gasteiger partial charge in [-0.25, -0.2) is 0 Å². The molecule has 2 nitrogen and oxygen atoms in total. The van der Waals surface area contributed by atoms with Crippen LogP contribution in [0.4, 0.5) is 0 Å². The number of allylic oxidation sites excluding steroid dienone is 1. The normalized spacial score (nSPS) is 41.7. The van der Waals surface area contributed by atoms with Crippen molar-refractivity contribution in [2.24, 2.45) is 34.5 Å². The number of esters is 1. The average molecular weight is 429 g/mol. The van der Waals surface area contributed by atoms with Crippen LogP contribution < -0.4 is 0 Å². The first kappa shape index (κ1) is 23.4. The zero-order valence-electron chi connectivity index (χ0n) is 20.9. The molecule has 3 fully saturated rings. The van der Waals surface area contributed by atoms with Crippen molar-refractivity contribution in [2.75, 3.05) is 0 Å². The van der Waals surface area contributed by atoms with E-state index < -0.39 is 0 Å². The van der Waals surface area contributed by atoms with E-state index in [4.69, 9.17) is 4.74 Å². The van der Waals surface area contributed by atoms with Gasteiger partial charge in [0.2, 0.25) is 0 Å². The Labute approximate surface area is 192 Å². The molecule has 0 heterocycles.